The maximum absolute atomic E-state index is 10.1. The second-order valence-electron chi connectivity index (χ2n) is 5.65. The molecule has 0 bridgehead atoms. The minimum atomic E-state index is -0.118. The average molecular weight is 227 g/mol. The Morgan fingerprint density at radius 3 is 2.69 bits per heavy atom. The Morgan fingerprint density at radius 2 is 2.00 bits per heavy atom. The number of aliphatic hydroxyl groups excluding tert-OH is 1. The molecule has 16 heavy (non-hydrogen) atoms. The molecule has 94 valence electrons. The summed E-state index contributed by atoms with van der Waals surface area (Å²) in [5.41, 5.74) is -0.00455. The van der Waals surface area contributed by atoms with Crippen molar-refractivity contribution in [2.24, 2.45) is 0 Å². The van der Waals surface area contributed by atoms with Crippen molar-refractivity contribution in [2.75, 3.05) is 20.2 Å². The maximum atomic E-state index is 10.1. The van der Waals surface area contributed by atoms with Crippen LogP contribution in [0.2, 0.25) is 0 Å². The van der Waals surface area contributed by atoms with E-state index in [0.717, 1.165) is 32.4 Å². The van der Waals surface area contributed by atoms with Crippen LogP contribution in [0.25, 0.3) is 0 Å². The molecular weight excluding hydrogens is 202 g/mol. The Hall–Kier alpha value is -0.120. The number of ether oxygens (including phenoxy) is 1. The van der Waals surface area contributed by atoms with Gasteiger partial charge >= 0.3 is 0 Å². The molecule has 0 aromatic carbocycles. The molecule has 0 aromatic rings. The van der Waals surface area contributed by atoms with Crippen LogP contribution >= 0.6 is 0 Å². The lowest BCUT2D eigenvalue weighted by Gasteiger charge is -2.45. The van der Waals surface area contributed by atoms with E-state index in [1.54, 1.807) is 7.11 Å². The van der Waals surface area contributed by atoms with E-state index in [4.69, 9.17) is 4.74 Å². The Labute approximate surface area is 98.8 Å². The minimum Gasteiger partial charge on any atom is -0.391 e. The molecule has 1 heterocycles. The van der Waals surface area contributed by atoms with E-state index in [-0.39, 0.29) is 11.7 Å². The Balaban J connectivity index is 1.97. The molecule has 1 saturated heterocycles. The fourth-order valence-electron chi connectivity index (χ4n) is 3.21. The third-order valence-electron chi connectivity index (χ3n) is 4.34. The highest BCUT2D eigenvalue weighted by Crippen LogP contribution is 2.30. The first kappa shape index (κ1) is 12.3. The van der Waals surface area contributed by atoms with Gasteiger partial charge in [0, 0.05) is 19.7 Å². The van der Waals surface area contributed by atoms with Gasteiger partial charge in [-0.25, -0.2) is 0 Å². The Morgan fingerprint density at radius 1 is 1.25 bits per heavy atom. The fraction of sp³-hybridized carbons (Fsp3) is 1.00. The van der Waals surface area contributed by atoms with Gasteiger partial charge in [-0.15, -0.1) is 0 Å². The van der Waals surface area contributed by atoms with Crippen LogP contribution in [0.15, 0.2) is 0 Å². The van der Waals surface area contributed by atoms with Crippen LogP contribution < -0.4 is 0 Å². The molecule has 1 aliphatic carbocycles. The van der Waals surface area contributed by atoms with E-state index < -0.39 is 0 Å². The second kappa shape index (κ2) is 5.03. The van der Waals surface area contributed by atoms with E-state index in [1.807, 2.05) is 0 Å². The average Bonchev–Trinajstić information content (AvgIpc) is 2.30. The van der Waals surface area contributed by atoms with E-state index >= 15 is 0 Å². The number of nitrogens with zero attached hydrogens (tertiary/aromatic N) is 1. The van der Waals surface area contributed by atoms with Crippen LogP contribution in [0.3, 0.4) is 0 Å². The topological polar surface area (TPSA) is 32.7 Å². The molecule has 0 radical (unpaired) electrons. The summed E-state index contributed by atoms with van der Waals surface area (Å²) in [6.07, 6.45) is 6.80. The maximum Gasteiger partial charge on any atom is 0.0777 e. The van der Waals surface area contributed by atoms with Crippen molar-refractivity contribution in [2.45, 2.75) is 63.2 Å². The van der Waals surface area contributed by atoms with Gasteiger partial charge in [-0.1, -0.05) is 12.8 Å². The lowest BCUT2D eigenvalue weighted by molar-refractivity contribution is -0.0828. The Bertz CT molecular complexity index is 234. The summed E-state index contributed by atoms with van der Waals surface area (Å²) < 4.78 is 5.61. The van der Waals surface area contributed by atoms with Gasteiger partial charge in [-0.3, -0.25) is 4.90 Å². The fourth-order valence-corrected chi connectivity index (χ4v) is 3.21. The number of aliphatic hydroxyl groups is 1. The van der Waals surface area contributed by atoms with Gasteiger partial charge in [0.25, 0.3) is 0 Å². The van der Waals surface area contributed by atoms with Crippen molar-refractivity contribution in [3.8, 4) is 0 Å². The summed E-state index contributed by atoms with van der Waals surface area (Å²) in [5, 5.41) is 10.1. The van der Waals surface area contributed by atoms with Crippen molar-refractivity contribution >= 4 is 0 Å². The summed E-state index contributed by atoms with van der Waals surface area (Å²) in [7, 11) is 1.81. The van der Waals surface area contributed by atoms with Crippen LogP contribution in [0, 0.1) is 0 Å². The number of hydrogen-bond donors (Lipinski definition) is 1. The van der Waals surface area contributed by atoms with Crippen LogP contribution in [0.4, 0.5) is 0 Å². The zero-order valence-electron chi connectivity index (χ0n) is 10.6. The molecule has 1 saturated carbocycles. The number of likely N-dealkylation sites (tertiary alicyclic amines) is 1. The molecule has 1 N–H and O–H groups in total. The highest BCUT2D eigenvalue weighted by molar-refractivity contribution is 4.91. The standard InChI is InChI=1S/C13H25NO2/c1-13(16-2)8-5-9-14(10-13)11-6-3-4-7-12(11)15/h11-12,15H,3-10H2,1-2H3/t11-,12-,13?/m0/s1. The van der Waals surface area contributed by atoms with Crippen LogP contribution in [0.5, 0.6) is 0 Å². The van der Waals surface area contributed by atoms with Gasteiger partial charge < -0.3 is 9.84 Å². The molecule has 2 aliphatic rings. The summed E-state index contributed by atoms with van der Waals surface area (Å²) in [6.45, 7) is 4.29. The van der Waals surface area contributed by atoms with E-state index in [2.05, 4.69) is 11.8 Å². The number of piperidine rings is 1. The summed E-state index contributed by atoms with van der Waals surface area (Å²) >= 11 is 0. The van der Waals surface area contributed by atoms with Gasteiger partial charge in [-0.2, -0.15) is 0 Å². The molecule has 3 nitrogen and oxygen atoms in total. The van der Waals surface area contributed by atoms with Crippen LogP contribution in [-0.4, -0.2) is 48.0 Å². The molecule has 3 atom stereocenters. The van der Waals surface area contributed by atoms with E-state index in [9.17, 15) is 5.11 Å². The largest absolute Gasteiger partial charge is 0.391 e. The molecule has 2 rings (SSSR count). The SMILES string of the molecule is COC1(C)CCCN([C@H]2CCCC[C@@H]2O)C1. The molecule has 0 amide bonds. The number of hydrogen-bond acceptors (Lipinski definition) is 3. The van der Waals surface area contributed by atoms with Gasteiger partial charge in [-0.05, 0) is 39.2 Å². The van der Waals surface area contributed by atoms with Crippen molar-refractivity contribution in [1.82, 2.24) is 4.90 Å². The van der Waals surface area contributed by atoms with Crippen LogP contribution in [-0.2, 0) is 4.74 Å². The molecule has 0 spiro atoms. The van der Waals surface area contributed by atoms with Gasteiger partial charge in [0.2, 0.25) is 0 Å². The third-order valence-corrected chi connectivity index (χ3v) is 4.34. The van der Waals surface area contributed by atoms with Crippen molar-refractivity contribution in [1.29, 1.82) is 0 Å². The molecule has 1 unspecified atom stereocenters. The summed E-state index contributed by atoms with van der Waals surface area (Å²) in [6, 6.07) is 0.378. The van der Waals surface area contributed by atoms with Gasteiger partial charge in [0.1, 0.15) is 0 Å². The smallest absolute Gasteiger partial charge is 0.0777 e. The summed E-state index contributed by atoms with van der Waals surface area (Å²) in [4.78, 5) is 2.46. The number of rotatable bonds is 2. The lowest BCUT2D eigenvalue weighted by atomic mass is 9.87. The normalized spacial score (nSPS) is 42.2. The first-order valence-electron chi connectivity index (χ1n) is 6.62. The quantitative estimate of drug-likeness (QED) is 0.780. The van der Waals surface area contributed by atoms with E-state index in [1.165, 1.54) is 19.3 Å². The molecule has 2 fully saturated rings. The van der Waals surface area contributed by atoms with Gasteiger partial charge in [0.05, 0.1) is 11.7 Å². The summed E-state index contributed by atoms with van der Waals surface area (Å²) in [5.74, 6) is 0. The number of methoxy groups -OCH3 is 1. The predicted octanol–water partition coefficient (Wildman–Crippen LogP) is 1.79. The molecule has 0 aromatic heterocycles. The van der Waals surface area contributed by atoms with Gasteiger partial charge in [0.15, 0.2) is 0 Å². The van der Waals surface area contributed by atoms with Crippen LogP contribution in [0.1, 0.15) is 45.4 Å². The molecule has 1 aliphatic heterocycles. The Kier molecular flexibility index (Phi) is 3.88. The van der Waals surface area contributed by atoms with Crippen molar-refractivity contribution in [3.05, 3.63) is 0 Å². The van der Waals surface area contributed by atoms with Crippen molar-refractivity contribution < 1.29 is 9.84 Å². The lowest BCUT2D eigenvalue weighted by Crippen LogP contribution is -2.55. The highest BCUT2D eigenvalue weighted by atomic mass is 16.5. The monoisotopic (exact) mass is 227 g/mol. The molecular formula is C13H25NO2. The first-order chi connectivity index (χ1) is 7.64. The minimum absolute atomic E-state index is 0.00455. The van der Waals surface area contributed by atoms with Crippen molar-refractivity contribution in [3.63, 3.8) is 0 Å². The molecule has 3 heteroatoms. The first-order valence-corrected chi connectivity index (χ1v) is 6.62. The van der Waals surface area contributed by atoms with E-state index in [0.29, 0.717) is 6.04 Å². The second-order valence-corrected chi connectivity index (χ2v) is 5.65. The third kappa shape index (κ3) is 2.58. The highest BCUT2D eigenvalue weighted by Gasteiger charge is 2.36. The zero-order chi connectivity index (χ0) is 11.6. The zero-order valence-corrected chi connectivity index (χ0v) is 10.6. The predicted molar refractivity (Wildman–Crippen MR) is 64.5 cm³/mol.